The fourth-order valence-electron chi connectivity index (χ4n) is 2.58. The third kappa shape index (κ3) is 2.17. The largest absolute Gasteiger partial charge is 0.463 e. The van der Waals surface area contributed by atoms with E-state index < -0.39 is 5.41 Å². The minimum Gasteiger partial charge on any atom is -0.463 e. The Hall–Kier alpha value is -3.09. The zero-order valence-electron chi connectivity index (χ0n) is 12.1. The summed E-state index contributed by atoms with van der Waals surface area (Å²) in [6.45, 7) is 0. The molecule has 1 aliphatic carbocycles. The van der Waals surface area contributed by atoms with E-state index in [9.17, 15) is 4.79 Å². The molecule has 1 aliphatic rings. The third-order valence-corrected chi connectivity index (χ3v) is 4.06. The quantitative estimate of drug-likeness (QED) is 0.786. The van der Waals surface area contributed by atoms with E-state index in [2.05, 4.69) is 19.9 Å². The maximum atomic E-state index is 11.7. The van der Waals surface area contributed by atoms with Crippen LogP contribution in [0, 0.1) is 0 Å². The van der Waals surface area contributed by atoms with Crippen LogP contribution in [0.3, 0.4) is 0 Å². The van der Waals surface area contributed by atoms with Crippen LogP contribution in [0.2, 0.25) is 0 Å². The minimum absolute atomic E-state index is 0.369. The van der Waals surface area contributed by atoms with E-state index in [0.29, 0.717) is 41.4 Å². The highest BCUT2D eigenvalue weighted by atomic mass is 16.3. The lowest BCUT2D eigenvalue weighted by Crippen LogP contribution is -2.29. The highest BCUT2D eigenvalue weighted by Crippen LogP contribution is 2.47. The number of amides is 1. The second-order valence-electron chi connectivity index (χ2n) is 5.47. The van der Waals surface area contributed by atoms with Crippen LogP contribution in [0.1, 0.15) is 18.5 Å². The Morgan fingerprint density at radius 2 is 2.09 bits per heavy atom. The van der Waals surface area contributed by atoms with Gasteiger partial charge in [-0.15, -0.1) is 0 Å². The van der Waals surface area contributed by atoms with Gasteiger partial charge in [0.15, 0.2) is 5.76 Å². The van der Waals surface area contributed by atoms with E-state index in [1.807, 2.05) is 0 Å². The van der Waals surface area contributed by atoms with Crippen molar-refractivity contribution in [3.63, 3.8) is 0 Å². The van der Waals surface area contributed by atoms with Gasteiger partial charge in [0, 0.05) is 6.20 Å². The first kappa shape index (κ1) is 13.6. The van der Waals surface area contributed by atoms with Gasteiger partial charge in [-0.2, -0.15) is 0 Å². The molecule has 0 atom stereocenters. The predicted molar refractivity (Wildman–Crippen MR) is 80.9 cm³/mol. The highest BCUT2D eigenvalue weighted by Gasteiger charge is 2.52. The molecule has 1 saturated carbocycles. The molecule has 0 aliphatic heterocycles. The Bertz CT molecular complexity index is 857. The molecule has 23 heavy (non-hydrogen) atoms. The molecule has 0 unspecified atom stereocenters. The Kier molecular flexibility index (Phi) is 2.94. The summed E-state index contributed by atoms with van der Waals surface area (Å²) in [5.74, 6) is 0.195. The van der Waals surface area contributed by atoms with Crippen LogP contribution in [0.4, 0.5) is 0 Å². The van der Waals surface area contributed by atoms with Crippen molar-refractivity contribution in [2.24, 2.45) is 5.73 Å². The second-order valence-corrected chi connectivity index (χ2v) is 5.47. The Morgan fingerprint density at radius 1 is 1.22 bits per heavy atom. The summed E-state index contributed by atoms with van der Waals surface area (Å²) < 4.78 is 5.47. The van der Waals surface area contributed by atoms with E-state index in [4.69, 9.17) is 10.2 Å². The van der Waals surface area contributed by atoms with Crippen molar-refractivity contribution < 1.29 is 9.21 Å². The number of aromatic nitrogens is 4. The highest BCUT2D eigenvalue weighted by molar-refractivity contribution is 5.89. The molecular formula is C16H13N5O2. The SMILES string of the molecule is NC(=O)C1(c2cnc(-c3ccncn3)c(-c3ccco3)n2)CC1. The number of carbonyl (C=O) groups excluding carboxylic acids is 1. The molecule has 0 aromatic carbocycles. The lowest BCUT2D eigenvalue weighted by atomic mass is 10.0. The zero-order chi connectivity index (χ0) is 15.9. The summed E-state index contributed by atoms with van der Waals surface area (Å²) in [4.78, 5) is 29.0. The zero-order valence-corrected chi connectivity index (χ0v) is 12.1. The molecule has 4 rings (SSSR count). The number of rotatable bonds is 4. The lowest BCUT2D eigenvalue weighted by molar-refractivity contribution is -0.120. The molecule has 3 aromatic heterocycles. The summed E-state index contributed by atoms with van der Waals surface area (Å²) in [5.41, 5.74) is 7.16. The number of nitrogens with zero attached hydrogens (tertiary/aromatic N) is 4. The van der Waals surface area contributed by atoms with Gasteiger partial charge in [-0.1, -0.05) is 0 Å². The summed E-state index contributed by atoms with van der Waals surface area (Å²) in [6, 6.07) is 5.31. The molecule has 2 N–H and O–H groups in total. The van der Waals surface area contributed by atoms with E-state index in [-0.39, 0.29) is 5.91 Å². The standard InChI is InChI=1S/C16H13N5O2/c17-15(22)16(4-5-16)12-8-19-13(10-3-6-18-9-20-10)14(21-12)11-2-1-7-23-11/h1-3,6-9H,4-5H2,(H2,17,22). The van der Waals surface area contributed by atoms with Crippen molar-refractivity contribution in [2.45, 2.75) is 18.3 Å². The molecule has 7 heteroatoms. The van der Waals surface area contributed by atoms with Crippen molar-refractivity contribution in [3.05, 3.63) is 48.9 Å². The Labute approximate surface area is 131 Å². The van der Waals surface area contributed by atoms with Gasteiger partial charge in [0.2, 0.25) is 5.91 Å². The number of furan rings is 1. The molecule has 0 saturated heterocycles. The van der Waals surface area contributed by atoms with Gasteiger partial charge in [-0.05, 0) is 31.0 Å². The lowest BCUT2D eigenvalue weighted by Gasteiger charge is -2.13. The second kappa shape index (κ2) is 4.98. The van der Waals surface area contributed by atoms with Gasteiger partial charge in [-0.3, -0.25) is 9.78 Å². The van der Waals surface area contributed by atoms with Gasteiger partial charge < -0.3 is 10.2 Å². The number of nitrogens with two attached hydrogens (primary N) is 1. The number of hydrogen-bond donors (Lipinski definition) is 1. The molecule has 1 amide bonds. The van der Waals surface area contributed by atoms with Crippen molar-refractivity contribution in [3.8, 4) is 22.8 Å². The predicted octanol–water partition coefficient (Wildman–Crippen LogP) is 1.71. The summed E-state index contributed by atoms with van der Waals surface area (Å²) in [6.07, 6.45) is 7.64. The van der Waals surface area contributed by atoms with Gasteiger partial charge in [0.05, 0.1) is 29.3 Å². The van der Waals surface area contributed by atoms with Crippen molar-refractivity contribution in [2.75, 3.05) is 0 Å². The van der Waals surface area contributed by atoms with Crippen LogP contribution in [-0.2, 0) is 10.2 Å². The maximum Gasteiger partial charge on any atom is 0.229 e. The molecule has 0 bridgehead atoms. The molecule has 7 nitrogen and oxygen atoms in total. The van der Waals surface area contributed by atoms with Gasteiger partial charge >= 0.3 is 0 Å². The van der Waals surface area contributed by atoms with Crippen LogP contribution in [0.15, 0.2) is 47.6 Å². The molecule has 3 heterocycles. The van der Waals surface area contributed by atoms with Crippen LogP contribution >= 0.6 is 0 Å². The Morgan fingerprint density at radius 3 is 2.70 bits per heavy atom. The van der Waals surface area contributed by atoms with Gasteiger partial charge in [0.25, 0.3) is 0 Å². The minimum atomic E-state index is -0.696. The average molecular weight is 307 g/mol. The normalized spacial score (nSPS) is 15.3. The summed E-state index contributed by atoms with van der Waals surface area (Å²) >= 11 is 0. The molecule has 3 aromatic rings. The molecule has 1 fully saturated rings. The third-order valence-electron chi connectivity index (χ3n) is 4.06. The molecular weight excluding hydrogens is 294 g/mol. The summed E-state index contributed by atoms with van der Waals surface area (Å²) in [7, 11) is 0. The average Bonchev–Trinajstić information content (AvgIpc) is 3.23. The smallest absolute Gasteiger partial charge is 0.229 e. The van der Waals surface area contributed by atoms with Crippen molar-refractivity contribution in [1.82, 2.24) is 19.9 Å². The van der Waals surface area contributed by atoms with Crippen molar-refractivity contribution >= 4 is 5.91 Å². The topological polar surface area (TPSA) is 108 Å². The van der Waals surface area contributed by atoms with Crippen LogP contribution in [0.25, 0.3) is 22.8 Å². The molecule has 0 radical (unpaired) electrons. The van der Waals surface area contributed by atoms with Crippen LogP contribution < -0.4 is 5.73 Å². The Balaban J connectivity index is 1.90. The van der Waals surface area contributed by atoms with E-state index in [0.717, 1.165) is 0 Å². The summed E-state index contributed by atoms with van der Waals surface area (Å²) in [5, 5.41) is 0. The van der Waals surface area contributed by atoms with E-state index in [1.54, 1.807) is 36.9 Å². The fraction of sp³-hybridized carbons (Fsp3) is 0.188. The van der Waals surface area contributed by atoms with Gasteiger partial charge in [-0.25, -0.2) is 15.0 Å². The monoisotopic (exact) mass is 307 g/mol. The maximum absolute atomic E-state index is 11.7. The van der Waals surface area contributed by atoms with Crippen LogP contribution in [-0.4, -0.2) is 25.8 Å². The van der Waals surface area contributed by atoms with Crippen LogP contribution in [0.5, 0.6) is 0 Å². The number of hydrogen-bond acceptors (Lipinski definition) is 6. The van der Waals surface area contributed by atoms with E-state index in [1.165, 1.54) is 6.33 Å². The number of primary amides is 1. The van der Waals surface area contributed by atoms with Gasteiger partial charge in [0.1, 0.15) is 17.7 Å². The molecule has 114 valence electrons. The first-order valence-corrected chi connectivity index (χ1v) is 7.18. The first-order chi connectivity index (χ1) is 11.2. The fourth-order valence-corrected chi connectivity index (χ4v) is 2.58. The number of carbonyl (C=O) groups is 1. The first-order valence-electron chi connectivity index (χ1n) is 7.18. The van der Waals surface area contributed by atoms with E-state index >= 15 is 0 Å². The van der Waals surface area contributed by atoms with Crippen molar-refractivity contribution in [1.29, 1.82) is 0 Å². The molecule has 0 spiro atoms.